The van der Waals surface area contributed by atoms with Gasteiger partial charge in [-0.25, -0.2) is 15.0 Å². The Labute approximate surface area is 281 Å². The van der Waals surface area contributed by atoms with Crippen LogP contribution in [0.25, 0.3) is 77.6 Å². The molecular formula is C45H35N3. The van der Waals surface area contributed by atoms with Crippen molar-refractivity contribution in [3.8, 4) is 45.3 Å². The van der Waals surface area contributed by atoms with Gasteiger partial charge in [-0.1, -0.05) is 167 Å². The molecule has 0 atom stereocenters. The standard InChI is InChI=1S/C45H35N3/c1-44(2)37-21-13-20-36(43-47-41(30-15-7-5-8-16-30)46-42(48-43)31-17-9-6-10-18-31)39(37)35-27-24-29-23-25-33-32-19-12-11-14-28(32)22-26-34(33)38(29)40(35)45(44,3)4/h5-27H,1-4H3. The van der Waals surface area contributed by atoms with E-state index < -0.39 is 0 Å². The maximum Gasteiger partial charge on any atom is 0.164 e. The van der Waals surface area contributed by atoms with Crippen LogP contribution >= 0.6 is 0 Å². The van der Waals surface area contributed by atoms with Gasteiger partial charge in [0.15, 0.2) is 17.5 Å². The first-order valence-electron chi connectivity index (χ1n) is 16.7. The van der Waals surface area contributed by atoms with Crippen LogP contribution in [0.1, 0.15) is 38.8 Å². The third-order valence-corrected chi connectivity index (χ3v) is 11.0. The van der Waals surface area contributed by atoms with Gasteiger partial charge in [-0.15, -0.1) is 0 Å². The molecule has 0 unspecified atom stereocenters. The molecule has 0 spiro atoms. The molecule has 48 heavy (non-hydrogen) atoms. The van der Waals surface area contributed by atoms with Gasteiger partial charge >= 0.3 is 0 Å². The Hall–Kier alpha value is -5.67. The molecule has 0 radical (unpaired) electrons. The van der Waals surface area contributed by atoms with Gasteiger partial charge in [0.1, 0.15) is 0 Å². The highest BCUT2D eigenvalue weighted by Crippen LogP contribution is 2.58. The molecule has 0 bridgehead atoms. The molecule has 1 aromatic heterocycles. The Balaban J connectivity index is 1.38. The van der Waals surface area contributed by atoms with Crippen LogP contribution in [0, 0.1) is 0 Å². The van der Waals surface area contributed by atoms with Gasteiger partial charge in [0.2, 0.25) is 0 Å². The Morgan fingerprint density at radius 1 is 0.396 bits per heavy atom. The zero-order valence-electron chi connectivity index (χ0n) is 27.6. The van der Waals surface area contributed by atoms with Crippen molar-refractivity contribution in [2.45, 2.75) is 38.5 Å². The van der Waals surface area contributed by atoms with Gasteiger partial charge < -0.3 is 0 Å². The SMILES string of the molecule is CC1(C)c2cccc(-c3nc(-c4ccccc4)nc(-c4ccccc4)n3)c2-c2ccc3ccc4c5ccccc5ccc4c3c2C1(C)C. The van der Waals surface area contributed by atoms with Crippen LogP contribution in [0.3, 0.4) is 0 Å². The summed E-state index contributed by atoms with van der Waals surface area (Å²) in [5.41, 5.74) is 7.73. The molecule has 7 aromatic carbocycles. The maximum absolute atomic E-state index is 5.19. The summed E-state index contributed by atoms with van der Waals surface area (Å²) in [5.74, 6) is 2.03. The first-order chi connectivity index (χ1) is 23.3. The molecule has 0 saturated carbocycles. The van der Waals surface area contributed by atoms with E-state index in [4.69, 9.17) is 15.0 Å². The molecule has 9 rings (SSSR count). The van der Waals surface area contributed by atoms with E-state index in [1.165, 1.54) is 54.6 Å². The highest BCUT2D eigenvalue weighted by molar-refractivity contribution is 6.19. The van der Waals surface area contributed by atoms with Crippen LogP contribution in [0.2, 0.25) is 0 Å². The largest absolute Gasteiger partial charge is 0.208 e. The lowest BCUT2D eigenvalue weighted by molar-refractivity contribution is 0.301. The average Bonchev–Trinajstić information content (AvgIpc) is 3.13. The number of nitrogens with zero attached hydrogens (tertiary/aromatic N) is 3. The first kappa shape index (κ1) is 28.5. The first-order valence-corrected chi connectivity index (χ1v) is 16.7. The van der Waals surface area contributed by atoms with Crippen molar-refractivity contribution in [2.24, 2.45) is 0 Å². The summed E-state index contributed by atoms with van der Waals surface area (Å²) in [6.07, 6.45) is 0. The van der Waals surface area contributed by atoms with E-state index >= 15 is 0 Å². The molecule has 3 heteroatoms. The number of hydrogen-bond acceptors (Lipinski definition) is 3. The molecule has 1 aliphatic rings. The van der Waals surface area contributed by atoms with Crippen molar-refractivity contribution >= 4 is 32.3 Å². The van der Waals surface area contributed by atoms with E-state index in [-0.39, 0.29) is 10.8 Å². The highest BCUT2D eigenvalue weighted by atomic mass is 15.0. The number of rotatable bonds is 3. The van der Waals surface area contributed by atoms with Gasteiger partial charge in [0.05, 0.1) is 0 Å². The predicted octanol–water partition coefficient (Wildman–Crippen LogP) is 11.6. The second-order valence-electron chi connectivity index (χ2n) is 14.1. The molecule has 8 aromatic rings. The van der Waals surface area contributed by atoms with E-state index in [2.05, 4.69) is 131 Å². The van der Waals surface area contributed by atoms with Crippen molar-refractivity contribution in [1.29, 1.82) is 0 Å². The van der Waals surface area contributed by atoms with Crippen LogP contribution in [0.15, 0.2) is 140 Å². The molecule has 3 nitrogen and oxygen atoms in total. The highest BCUT2D eigenvalue weighted by Gasteiger charge is 2.47. The molecule has 230 valence electrons. The van der Waals surface area contributed by atoms with Crippen molar-refractivity contribution in [3.05, 3.63) is 151 Å². The third-order valence-electron chi connectivity index (χ3n) is 11.0. The van der Waals surface area contributed by atoms with Crippen LogP contribution in [0.5, 0.6) is 0 Å². The van der Waals surface area contributed by atoms with E-state index in [9.17, 15) is 0 Å². The van der Waals surface area contributed by atoms with Crippen LogP contribution in [-0.2, 0) is 10.8 Å². The molecule has 0 amide bonds. The van der Waals surface area contributed by atoms with Crippen molar-refractivity contribution in [2.75, 3.05) is 0 Å². The van der Waals surface area contributed by atoms with E-state index in [1.807, 2.05) is 36.4 Å². The maximum atomic E-state index is 5.19. The second-order valence-corrected chi connectivity index (χ2v) is 14.1. The lowest BCUT2D eigenvalue weighted by atomic mass is 9.54. The van der Waals surface area contributed by atoms with Crippen LogP contribution < -0.4 is 0 Å². The number of aromatic nitrogens is 3. The summed E-state index contributed by atoms with van der Waals surface area (Å²) >= 11 is 0. The average molecular weight is 618 g/mol. The zero-order chi connectivity index (χ0) is 32.6. The molecule has 0 saturated heterocycles. The minimum Gasteiger partial charge on any atom is -0.208 e. The summed E-state index contributed by atoms with van der Waals surface area (Å²) in [5, 5.41) is 7.74. The lowest BCUT2D eigenvalue weighted by Crippen LogP contribution is -2.43. The molecule has 0 aliphatic heterocycles. The fraction of sp³-hybridized carbons (Fsp3) is 0.133. The zero-order valence-corrected chi connectivity index (χ0v) is 27.6. The van der Waals surface area contributed by atoms with Gasteiger partial charge in [0.25, 0.3) is 0 Å². The normalized spacial score (nSPS) is 14.6. The summed E-state index contributed by atoms with van der Waals surface area (Å²) < 4.78 is 0. The Morgan fingerprint density at radius 2 is 0.979 bits per heavy atom. The Morgan fingerprint density at radius 3 is 1.69 bits per heavy atom. The minimum atomic E-state index is -0.198. The van der Waals surface area contributed by atoms with E-state index in [0.29, 0.717) is 17.5 Å². The van der Waals surface area contributed by atoms with Crippen molar-refractivity contribution < 1.29 is 0 Å². The molecule has 1 aliphatic carbocycles. The summed E-state index contributed by atoms with van der Waals surface area (Å²) in [7, 11) is 0. The minimum absolute atomic E-state index is 0.184. The lowest BCUT2D eigenvalue weighted by Gasteiger charge is -2.49. The van der Waals surface area contributed by atoms with Gasteiger partial charge in [-0.3, -0.25) is 0 Å². The van der Waals surface area contributed by atoms with Crippen molar-refractivity contribution in [1.82, 2.24) is 15.0 Å². The molecule has 1 heterocycles. The summed E-state index contributed by atoms with van der Waals surface area (Å²) in [6, 6.07) is 49.7. The Kier molecular flexibility index (Phi) is 6.20. The van der Waals surface area contributed by atoms with Crippen LogP contribution in [-0.4, -0.2) is 15.0 Å². The monoisotopic (exact) mass is 617 g/mol. The van der Waals surface area contributed by atoms with E-state index in [1.54, 1.807) is 0 Å². The molecular weight excluding hydrogens is 583 g/mol. The molecule has 0 N–H and O–H groups in total. The number of benzene rings is 7. The van der Waals surface area contributed by atoms with Gasteiger partial charge in [-0.2, -0.15) is 0 Å². The van der Waals surface area contributed by atoms with E-state index in [0.717, 1.165) is 16.7 Å². The second kappa shape index (κ2) is 10.4. The fourth-order valence-electron chi connectivity index (χ4n) is 7.90. The topological polar surface area (TPSA) is 38.7 Å². The quantitative estimate of drug-likeness (QED) is 0.185. The van der Waals surface area contributed by atoms with Gasteiger partial charge in [0, 0.05) is 22.1 Å². The fourth-order valence-corrected chi connectivity index (χ4v) is 7.90. The molecule has 0 fully saturated rings. The summed E-state index contributed by atoms with van der Waals surface area (Å²) in [4.78, 5) is 15.4. The number of fused-ring (bicyclic) bond motifs is 9. The van der Waals surface area contributed by atoms with Crippen LogP contribution in [0.4, 0.5) is 0 Å². The third kappa shape index (κ3) is 4.10. The summed E-state index contributed by atoms with van der Waals surface area (Å²) in [6.45, 7) is 9.64. The number of hydrogen-bond donors (Lipinski definition) is 0. The Bertz CT molecular complexity index is 2490. The predicted molar refractivity (Wildman–Crippen MR) is 200 cm³/mol. The van der Waals surface area contributed by atoms with Crippen molar-refractivity contribution in [3.63, 3.8) is 0 Å². The van der Waals surface area contributed by atoms with Gasteiger partial charge in [-0.05, 0) is 60.0 Å². The smallest absolute Gasteiger partial charge is 0.164 e.